The van der Waals surface area contributed by atoms with Crippen LogP contribution in [0.1, 0.15) is 89.7 Å². The highest BCUT2D eigenvalue weighted by molar-refractivity contribution is 5.41. The molecule has 1 aromatic rings. The average Bonchev–Trinajstić information content (AvgIpc) is 3.00. The number of benzene rings is 1. The van der Waals surface area contributed by atoms with Crippen molar-refractivity contribution in [3.05, 3.63) is 52.6 Å². The molecule has 4 rings (SSSR count). The standard InChI is InChI=1S/C28H40O2/c1-18(2)6-5-7-19(3)8-9-20-16-21-17-22(29)10-11-23(21)24-14-15-28(4)25(27(20)24)12-13-26(28)30/h6,8,10-11,17,20,24-27,29-30H,5,7,9,12-16H2,1-4H3/b19-8+/t20-,24?,25?,26+,27?,28+/m1/s1. The van der Waals surface area contributed by atoms with Crippen LogP contribution in [-0.4, -0.2) is 16.3 Å². The summed E-state index contributed by atoms with van der Waals surface area (Å²) in [5, 5.41) is 20.9. The second-order valence-electron chi connectivity index (χ2n) is 10.9. The maximum atomic E-state index is 10.8. The van der Waals surface area contributed by atoms with Crippen LogP contribution in [0, 0.1) is 23.2 Å². The minimum absolute atomic E-state index is 0.0933. The van der Waals surface area contributed by atoms with Crippen LogP contribution in [0.25, 0.3) is 0 Å². The maximum absolute atomic E-state index is 10.8. The zero-order valence-electron chi connectivity index (χ0n) is 19.3. The number of aliphatic hydroxyl groups excluding tert-OH is 1. The van der Waals surface area contributed by atoms with Gasteiger partial charge in [0.25, 0.3) is 0 Å². The third-order valence-corrected chi connectivity index (χ3v) is 8.70. The van der Waals surface area contributed by atoms with Crippen LogP contribution < -0.4 is 0 Å². The molecule has 0 spiro atoms. The minimum Gasteiger partial charge on any atom is -0.508 e. The van der Waals surface area contributed by atoms with Crippen LogP contribution in [0.3, 0.4) is 0 Å². The zero-order valence-corrected chi connectivity index (χ0v) is 19.3. The lowest BCUT2D eigenvalue weighted by atomic mass is 9.52. The van der Waals surface area contributed by atoms with E-state index in [0.29, 0.717) is 29.4 Å². The van der Waals surface area contributed by atoms with Crippen molar-refractivity contribution in [1.29, 1.82) is 0 Å². The molecular weight excluding hydrogens is 368 g/mol. The normalized spacial score (nSPS) is 35.4. The maximum Gasteiger partial charge on any atom is 0.115 e. The first kappa shape index (κ1) is 21.7. The van der Waals surface area contributed by atoms with Gasteiger partial charge in [-0.3, -0.25) is 0 Å². The number of aliphatic hydroxyl groups is 1. The van der Waals surface area contributed by atoms with Gasteiger partial charge in [0.15, 0.2) is 0 Å². The van der Waals surface area contributed by atoms with Crippen LogP contribution in [0.4, 0.5) is 0 Å². The molecule has 0 saturated heterocycles. The Hall–Kier alpha value is -1.54. The van der Waals surface area contributed by atoms with Gasteiger partial charge in [0, 0.05) is 0 Å². The molecule has 1 aromatic carbocycles. The summed E-state index contributed by atoms with van der Waals surface area (Å²) < 4.78 is 0. The summed E-state index contributed by atoms with van der Waals surface area (Å²) in [4.78, 5) is 0. The predicted octanol–water partition coefficient (Wildman–Crippen LogP) is 6.92. The summed E-state index contributed by atoms with van der Waals surface area (Å²) >= 11 is 0. The quantitative estimate of drug-likeness (QED) is 0.519. The van der Waals surface area contributed by atoms with Crippen molar-refractivity contribution in [2.24, 2.45) is 23.2 Å². The fraction of sp³-hybridized carbons (Fsp3) is 0.643. The third kappa shape index (κ3) is 4.00. The van der Waals surface area contributed by atoms with Gasteiger partial charge in [0.05, 0.1) is 6.10 Å². The number of hydrogen-bond donors (Lipinski definition) is 2. The molecule has 0 amide bonds. The first-order valence-electron chi connectivity index (χ1n) is 12.1. The van der Waals surface area contributed by atoms with E-state index in [9.17, 15) is 10.2 Å². The van der Waals surface area contributed by atoms with Gasteiger partial charge in [-0.05, 0) is 124 Å². The Bertz CT molecular complexity index is 831. The molecule has 0 heterocycles. The molecule has 0 bridgehead atoms. The molecule has 164 valence electrons. The lowest BCUT2D eigenvalue weighted by molar-refractivity contribution is -0.0378. The summed E-state index contributed by atoms with van der Waals surface area (Å²) in [6, 6.07) is 6.08. The summed E-state index contributed by atoms with van der Waals surface area (Å²) in [6.45, 7) is 8.98. The molecule has 0 radical (unpaired) electrons. The first-order valence-corrected chi connectivity index (χ1v) is 12.1. The molecular formula is C28H40O2. The zero-order chi connectivity index (χ0) is 21.5. The van der Waals surface area contributed by atoms with Crippen molar-refractivity contribution in [1.82, 2.24) is 0 Å². The molecule has 3 aliphatic rings. The van der Waals surface area contributed by atoms with Crippen LogP contribution in [0.15, 0.2) is 41.5 Å². The highest BCUT2D eigenvalue weighted by Crippen LogP contribution is 2.62. The van der Waals surface area contributed by atoms with Crippen molar-refractivity contribution in [3.63, 3.8) is 0 Å². The number of fused-ring (bicyclic) bond motifs is 5. The summed E-state index contributed by atoms with van der Waals surface area (Å²) in [5.41, 5.74) is 5.82. The van der Waals surface area contributed by atoms with Gasteiger partial charge in [0.1, 0.15) is 5.75 Å². The molecule has 2 heteroatoms. The number of allylic oxidation sites excluding steroid dienone is 4. The number of phenolic OH excluding ortho intramolecular Hbond substituents is 1. The Morgan fingerprint density at radius 3 is 2.70 bits per heavy atom. The van der Waals surface area contributed by atoms with E-state index in [1.54, 1.807) is 0 Å². The van der Waals surface area contributed by atoms with Crippen LogP contribution >= 0.6 is 0 Å². The van der Waals surface area contributed by atoms with E-state index < -0.39 is 0 Å². The highest BCUT2D eigenvalue weighted by atomic mass is 16.3. The largest absolute Gasteiger partial charge is 0.508 e. The molecule has 3 aliphatic carbocycles. The third-order valence-electron chi connectivity index (χ3n) is 8.70. The van der Waals surface area contributed by atoms with E-state index in [4.69, 9.17) is 0 Å². The molecule has 6 atom stereocenters. The molecule has 30 heavy (non-hydrogen) atoms. The van der Waals surface area contributed by atoms with Gasteiger partial charge in [-0.1, -0.05) is 36.3 Å². The predicted molar refractivity (Wildman–Crippen MR) is 125 cm³/mol. The van der Waals surface area contributed by atoms with Gasteiger partial charge < -0.3 is 10.2 Å². The number of aromatic hydroxyl groups is 1. The van der Waals surface area contributed by atoms with Gasteiger partial charge in [-0.15, -0.1) is 0 Å². The summed E-state index contributed by atoms with van der Waals surface area (Å²) in [6.07, 6.45) is 13.6. The fourth-order valence-electron chi connectivity index (χ4n) is 7.02. The lowest BCUT2D eigenvalue weighted by Crippen LogP contribution is -2.47. The van der Waals surface area contributed by atoms with Crippen molar-refractivity contribution in [2.45, 2.75) is 91.1 Å². The fourth-order valence-corrected chi connectivity index (χ4v) is 7.02. The van der Waals surface area contributed by atoms with Gasteiger partial charge >= 0.3 is 0 Å². The Balaban J connectivity index is 1.60. The molecule has 2 nitrogen and oxygen atoms in total. The van der Waals surface area contributed by atoms with Crippen LogP contribution in [0.5, 0.6) is 5.75 Å². The van der Waals surface area contributed by atoms with Crippen molar-refractivity contribution >= 4 is 0 Å². The second kappa shape index (κ2) is 8.54. The van der Waals surface area contributed by atoms with E-state index in [1.165, 1.54) is 35.1 Å². The van der Waals surface area contributed by atoms with E-state index >= 15 is 0 Å². The van der Waals surface area contributed by atoms with Gasteiger partial charge in [0.2, 0.25) is 0 Å². The Morgan fingerprint density at radius 2 is 1.93 bits per heavy atom. The van der Waals surface area contributed by atoms with Gasteiger partial charge in [-0.2, -0.15) is 0 Å². The first-order chi connectivity index (χ1) is 14.3. The monoisotopic (exact) mass is 408 g/mol. The average molecular weight is 409 g/mol. The molecule has 0 aromatic heterocycles. The molecule has 2 fully saturated rings. The highest BCUT2D eigenvalue weighted by Gasteiger charge is 2.56. The van der Waals surface area contributed by atoms with Crippen molar-refractivity contribution in [3.8, 4) is 5.75 Å². The number of rotatable bonds is 5. The van der Waals surface area contributed by atoms with Crippen LogP contribution in [-0.2, 0) is 6.42 Å². The van der Waals surface area contributed by atoms with Crippen molar-refractivity contribution < 1.29 is 10.2 Å². The summed E-state index contributed by atoms with van der Waals surface area (Å²) in [7, 11) is 0. The SMILES string of the molecule is CC(C)=CCC/C(C)=C/C[C@@H]1Cc2cc(O)ccc2C2CC[C@@]3(C)C(CC[C@@H]3O)C21. The Kier molecular flexibility index (Phi) is 6.17. The Morgan fingerprint density at radius 1 is 1.13 bits per heavy atom. The molecule has 0 aliphatic heterocycles. The van der Waals surface area contributed by atoms with Crippen LogP contribution in [0.2, 0.25) is 0 Å². The van der Waals surface area contributed by atoms with E-state index in [0.717, 1.165) is 38.5 Å². The van der Waals surface area contributed by atoms with E-state index in [2.05, 4.69) is 45.9 Å². The smallest absolute Gasteiger partial charge is 0.115 e. The van der Waals surface area contributed by atoms with Crippen molar-refractivity contribution in [2.75, 3.05) is 0 Å². The molecule has 2 saturated carbocycles. The van der Waals surface area contributed by atoms with Gasteiger partial charge in [-0.25, -0.2) is 0 Å². The van der Waals surface area contributed by atoms with E-state index in [1.807, 2.05) is 12.1 Å². The molecule has 2 N–H and O–H groups in total. The topological polar surface area (TPSA) is 40.5 Å². The lowest BCUT2D eigenvalue weighted by Gasteiger charge is -2.53. The Labute approximate surface area is 183 Å². The summed E-state index contributed by atoms with van der Waals surface area (Å²) in [5.74, 6) is 2.87. The number of phenols is 1. The molecule has 3 unspecified atom stereocenters. The second-order valence-corrected chi connectivity index (χ2v) is 10.9. The minimum atomic E-state index is -0.133. The van der Waals surface area contributed by atoms with E-state index in [-0.39, 0.29) is 11.5 Å². The number of hydrogen-bond acceptors (Lipinski definition) is 2.